The van der Waals surface area contributed by atoms with Crippen molar-refractivity contribution >= 4 is 38.7 Å². The van der Waals surface area contributed by atoms with Gasteiger partial charge in [-0.05, 0) is 12.1 Å². The van der Waals surface area contributed by atoms with Crippen LogP contribution in [0.4, 0.5) is 13.2 Å². The van der Waals surface area contributed by atoms with Crippen LogP contribution in [-0.4, -0.2) is 36.5 Å². The van der Waals surface area contributed by atoms with Gasteiger partial charge in [-0.15, -0.1) is 0 Å². The third kappa shape index (κ3) is 2.55. The first-order chi connectivity index (χ1) is 11.1. The van der Waals surface area contributed by atoms with E-state index in [2.05, 4.69) is 15.0 Å². The highest BCUT2D eigenvalue weighted by atomic mass is 32.2. The molecule has 12 heteroatoms. The Morgan fingerprint density at radius 3 is 2.42 bits per heavy atom. The number of halogens is 3. The van der Waals surface area contributed by atoms with Gasteiger partial charge in [-0.25, -0.2) is 18.4 Å². The SMILES string of the molecule is NC1N=C2C(=NC=NC2(N)c2ccc(S(=O)(=O)C(F)(F)F)cc2)S1. The van der Waals surface area contributed by atoms with Crippen LogP contribution in [-0.2, 0) is 15.5 Å². The molecule has 3 rings (SSSR count). The Kier molecular flexibility index (Phi) is 3.82. The second-order valence-corrected chi connectivity index (χ2v) is 7.95. The highest BCUT2D eigenvalue weighted by Gasteiger charge is 2.47. The van der Waals surface area contributed by atoms with Gasteiger partial charge in [0.2, 0.25) is 0 Å². The number of hydrogen-bond donors (Lipinski definition) is 2. The molecule has 0 amide bonds. The van der Waals surface area contributed by atoms with Gasteiger partial charge in [0.05, 0.1) is 4.90 Å². The standard InChI is InChI=1S/C12H10F3N5O2S2/c13-12(14,15)24(21,22)7-3-1-6(2-4-7)11(17)8-9(18-5-19-11)23-10(16)20-8/h1-5,10H,16-17H2. The summed E-state index contributed by atoms with van der Waals surface area (Å²) in [6.07, 6.45) is 1.21. The fraction of sp³-hybridized carbons (Fsp3) is 0.250. The molecule has 0 aliphatic carbocycles. The van der Waals surface area contributed by atoms with Crippen LogP contribution in [0.25, 0.3) is 0 Å². The minimum Gasteiger partial charge on any atom is -0.301 e. The van der Waals surface area contributed by atoms with Gasteiger partial charge in [-0.1, -0.05) is 23.9 Å². The first kappa shape index (κ1) is 17.1. The van der Waals surface area contributed by atoms with Crippen molar-refractivity contribution in [3.8, 4) is 0 Å². The second-order valence-electron chi connectivity index (χ2n) is 4.90. The Balaban J connectivity index is 2.02. The smallest absolute Gasteiger partial charge is 0.301 e. The maximum absolute atomic E-state index is 12.6. The second kappa shape index (κ2) is 5.37. The zero-order valence-corrected chi connectivity index (χ0v) is 13.4. The van der Waals surface area contributed by atoms with Crippen molar-refractivity contribution in [3.63, 3.8) is 0 Å². The third-order valence-corrected chi connectivity index (χ3v) is 5.77. The van der Waals surface area contributed by atoms with E-state index < -0.39 is 31.4 Å². The van der Waals surface area contributed by atoms with Crippen molar-refractivity contribution in [2.75, 3.05) is 0 Å². The molecule has 128 valence electrons. The average Bonchev–Trinajstić information content (AvgIpc) is 2.88. The Labute approximate surface area is 138 Å². The summed E-state index contributed by atoms with van der Waals surface area (Å²) in [5.74, 6) is 0. The van der Waals surface area contributed by atoms with Gasteiger partial charge in [-0.2, -0.15) is 13.2 Å². The van der Waals surface area contributed by atoms with E-state index in [-0.39, 0.29) is 11.3 Å². The molecule has 2 aliphatic heterocycles. The minimum atomic E-state index is -5.43. The topological polar surface area (TPSA) is 123 Å². The van der Waals surface area contributed by atoms with E-state index in [4.69, 9.17) is 11.5 Å². The number of fused-ring (bicyclic) bond motifs is 1. The molecular formula is C12H10F3N5O2S2. The lowest BCUT2D eigenvalue weighted by Crippen LogP contribution is -2.47. The van der Waals surface area contributed by atoms with Crippen molar-refractivity contribution in [3.05, 3.63) is 29.8 Å². The summed E-state index contributed by atoms with van der Waals surface area (Å²) in [4.78, 5) is 11.3. The highest BCUT2D eigenvalue weighted by Crippen LogP contribution is 2.35. The molecule has 1 aromatic carbocycles. The molecule has 2 atom stereocenters. The largest absolute Gasteiger partial charge is 0.501 e. The van der Waals surface area contributed by atoms with Crippen LogP contribution in [0, 0.1) is 0 Å². The third-order valence-electron chi connectivity index (χ3n) is 3.40. The summed E-state index contributed by atoms with van der Waals surface area (Å²) in [5, 5.41) is 0.465. The van der Waals surface area contributed by atoms with Crippen LogP contribution < -0.4 is 11.5 Å². The molecule has 2 aliphatic rings. The van der Waals surface area contributed by atoms with Crippen LogP contribution in [0.3, 0.4) is 0 Å². The molecule has 4 N–H and O–H groups in total. The van der Waals surface area contributed by atoms with Crippen molar-refractivity contribution in [1.82, 2.24) is 0 Å². The number of nitrogens with zero attached hydrogens (tertiary/aromatic N) is 3. The van der Waals surface area contributed by atoms with E-state index >= 15 is 0 Å². The molecule has 0 bridgehead atoms. The first-order valence-electron chi connectivity index (χ1n) is 6.39. The van der Waals surface area contributed by atoms with Crippen LogP contribution in [0.15, 0.2) is 44.1 Å². The van der Waals surface area contributed by atoms with Crippen molar-refractivity contribution in [2.24, 2.45) is 26.4 Å². The number of hydrogen-bond acceptors (Lipinski definition) is 8. The maximum Gasteiger partial charge on any atom is 0.501 e. The van der Waals surface area contributed by atoms with E-state index in [0.29, 0.717) is 5.04 Å². The van der Waals surface area contributed by atoms with Crippen molar-refractivity contribution in [1.29, 1.82) is 0 Å². The number of benzene rings is 1. The van der Waals surface area contributed by atoms with Gasteiger partial charge in [0, 0.05) is 5.56 Å². The lowest BCUT2D eigenvalue weighted by Gasteiger charge is -2.27. The van der Waals surface area contributed by atoms with Gasteiger partial charge in [0.25, 0.3) is 9.84 Å². The van der Waals surface area contributed by atoms with E-state index in [1.807, 2.05) is 0 Å². The summed E-state index contributed by atoms with van der Waals surface area (Å²) in [5.41, 5.74) is 5.01. The first-order valence-corrected chi connectivity index (χ1v) is 8.75. The summed E-state index contributed by atoms with van der Waals surface area (Å²) in [6.45, 7) is 0. The zero-order chi connectivity index (χ0) is 17.8. The number of sulfone groups is 1. The van der Waals surface area contributed by atoms with Crippen LogP contribution >= 0.6 is 11.8 Å². The number of nitrogens with two attached hydrogens (primary N) is 2. The summed E-state index contributed by atoms with van der Waals surface area (Å²) >= 11 is 1.17. The normalized spacial score (nSPS) is 26.8. The molecule has 7 nitrogen and oxygen atoms in total. The van der Waals surface area contributed by atoms with Crippen molar-refractivity contribution in [2.45, 2.75) is 21.6 Å². The number of rotatable bonds is 2. The fourth-order valence-corrected chi connectivity index (χ4v) is 3.78. The molecule has 2 heterocycles. The molecule has 0 saturated heterocycles. The predicted molar refractivity (Wildman–Crippen MR) is 84.5 cm³/mol. The lowest BCUT2D eigenvalue weighted by atomic mass is 9.95. The lowest BCUT2D eigenvalue weighted by molar-refractivity contribution is -0.0436. The molecule has 24 heavy (non-hydrogen) atoms. The van der Waals surface area contributed by atoms with Crippen LogP contribution in [0.5, 0.6) is 0 Å². The fourth-order valence-electron chi connectivity index (χ4n) is 2.20. The van der Waals surface area contributed by atoms with Crippen LogP contribution in [0.2, 0.25) is 0 Å². The summed E-state index contributed by atoms with van der Waals surface area (Å²) < 4.78 is 60.5. The molecule has 0 spiro atoms. The maximum atomic E-state index is 12.6. The van der Waals surface area contributed by atoms with E-state index in [1.54, 1.807) is 0 Å². The molecule has 2 unspecified atom stereocenters. The number of alkyl halides is 3. The van der Waals surface area contributed by atoms with Gasteiger partial charge in [-0.3, -0.25) is 10.7 Å². The van der Waals surface area contributed by atoms with Crippen LogP contribution in [0.1, 0.15) is 5.56 Å². The molecule has 0 radical (unpaired) electrons. The molecule has 1 aromatic rings. The predicted octanol–water partition coefficient (Wildman–Crippen LogP) is 0.962. The number of aliphatic imine (C=N–C) groups is 3. The highest BCUT2D eigenvalue weighted by molar-refractivity contribution is 8.16. The summed E-state index contributed by atoms with van der Waals surface area (Å²) in [6, 6.07) is 3.98. The Morgan fingerprint density at radius 1 is 1.21 bits per heavy atom. The monoisotopic (exact) mass is 377 g/mol. The Hall–Kier alpha value is -1.76. The Morgan fingerprint density at radius 2 is 1.83 bits per heavy atom. The molecule has 0 saturated carbocycles. The molecule has 0 fully saturated rings. The summed E-state index contributed by atoms with van der Waals surface area (Å²) in [7, 11) is -5.43. The quantitative estimate of drug-likeness (QED) is 0.795. The number of thioether (sulfide) groups is 1. The average molecular weight is 377 g/mol. The van der Waals surface area contributed by atoms with E-state index in [0.717, 1.165) is 24.3 Å². The molecule has 0 aromatic heterocycles. The van der Waals surface area contributed by atoms with Crippen molar-refractivity contribution < 1.29 is 21.6 Å². The van der Waals surface area contributed by atoms with Gasteiger partial charge in [0.15, 0.2) is 11.2 Å². The van der Waals surface area contributed by atoms with Gasteiger partial charge < -0.3 is 5.73 Å². The zero-order valence-electron chi connectivity index (χ0n) is 11.7. The Bertz CT molecular complexity index is 877. The van der Waals surface area contributed by atoms with E-state index in [9.17, 15) is 21.6 Å². The van der Waals surface area contributed by atoms with Gasteiger partial charge >= 0.3 is 5.51 Å². The minimum absolute atomic E-state index is 0.265. The molecular weight excluding hydrogens is 367 g/mol. The van der Waals surface area contributed by atoms with Gasteiger partial charge in [0.1, 0.15) is 17.1 Å². The van der Waals surface area contributed by atoms with E-state index in [1.165, 1.54) is 18.1 Å².